The van der Waals surface area contributed by atoms with Crippen molar-refractivity contribution in [1.82, 2.24) is 4.90 Å². The summed E-state index contributed by atoms with van der Waals surface area (Å²) < 4.78 is 28.7. The van der Waals surface area contributed by atoms with E-state index in [0.717, 1.165) is 0 Å². The zero-order valence-corrected chi connectivity index (χ0v) is 16.2. The number of benzene rings is 1. The molecule has 1 N–H and O–H groups in total. The number of nitrogens with zero attached hydrogens (tertiary/aromatic N) is 1. The van der Waals surface area contributed by atoms with E-state index >= 15 is 0 Å². The molecule has 2 rings (SSSR count). The van der Waals surface area contributed by atoms with E-state index < -0.39 is 22.4 Å². The topological polar surface area (TPSA) is 92.8 Å². The molecule has 0 aliphatic carbocycles. The van der Waals surface area contributed by atoms with Gasteiger partial charge in [-0.3, -0.25) is 4.79 Å². The van der Waals surface area contributed by atoms with Crippen molar-refractivity contribution in [3.63, 3.8) is 0 Å². The van der Waals surface area contributed by atoms with Gasteiger partial charge < -0.3 is 15.0 Å². The van der Waals surface area contributed by atoms with Gasteiger partial charge in [0.25, 0.3) is 5.91 Å². The van der Waals surface area contributed by atoms with Crippen LogP contribution in [0.4, 0.5) is 5.69 Å². The quantitative estimate of drug-likeness (QED) is 0.722. The highest BCUT2D eigenvalue weighted by Crippen LogP contribution is 2.22. The van der Waals surface area contributed by atoms with Crippen LogP contribution in [0.3, 0.4) is 0 Å². The molecule has 0 bridgehead atoms. The van der Waals surface area contributed by atoms with E-state index in [2.05, 4.69) is 5.32 Å². The van der Waals surface area contributed by atoms with Crippen LogP contribution in [0.1, 0.15) is 37.0 Å². The predicted octanol–water partition coefficient (Wildman–Crippen LogP) is 1.70. The van der Waals surface area contributed by atoms with Gasteiger partial charge in [0.15, 0.2) is 16.4 Å². The summed E-state index contributed by atoms with van der Waals surface area (Å²) in [7, 11) is -1.41. The van der Waals surface area contributed by atoms with Gasteiger partial charge >= 0.3 is 5.97 Å². The number of amides is 1. The third kappa shape index (κ3) is 4.75. The minimum atomic E-state index is -3.11. The standard InChI is InChI=1S/C18H26N2O5S/c1-4-13(2)20(14-9-10-26(23,24)12-14)17(21)11-25-18(22)15-7-5-6-8-16(15)19-3/h5-8,13-14,19H,4,9-12H2,1-3H3/t13-,14+/m1/s1. The van der Waals surface area contributed by atoms with Gasteiger partial charge in [0.2, 0.25) is 0 Å². The minimum absolute atomic E-state index is 0.0282. The lowest BCUT2D eigenvalue weighted by Gasteiger charge is -2.33. The fourth-order valence-corrected chi connectivity index (χ4v) is 4.87. The first-order valence-corrected chi connectivity index (χ1v) is 10.6. The Labute approximate surface area is 154 Å². The summed E-state index contributed by atoms with van der Waals surface area (Å²) in [5, 5.41) is 2.91. The fraction of sp³-hybridized carbons (Fsp3) is 0.556. The number of hydrogen-bond donors (Lipinski definition) is 1. The van der Waals surface area contributed by atoms with E-state index in [1.165, 1.54) is 0 Å². The Morgan fingerprint density at radius 1 is 1.35 bits per heavy atom. The van der Waals surface area contributed by atoms with Crippen LogP contribution in [-0.2, 0) is 19.4 Å². The molecule has 1 fully saturated rings. The Bertz CT molecular complexity index is 763. The molecular formula is C18H26N2O5S. The van der Waals surface area contributed by atoms with Crippen LogP contribution in [0, 0.1) is 0 Å². The first-order valence-electron chi connectivity index (χ1n) is 8.74. The Hall–Kier alpha value is -2.09. The van der Waals surface area contributed by atoms with Crippen LogP contribution >= 0.6 is 0 Å². The van der Waals surface area contributed by atoms with E-state index in [0.29, 0.717) is 24.1 Å². The molecule has 0 saturated carbocycles. The van der Waals surface area contributed by atoms with Crippen molar-refractivity contribution in [3.8, 4) is 0 Å². The van der Waals surface area contributed by atoms with Crippen molar-refractivity contribution in [2.24, 2.45) is 0 Å². The first-order chi connectivity index (χ1) is 12.3. The maximum atomic E-state index is 12.7. The molecule has 1 saturated heterocycles. The highest BCUT2D eigenvalue weighted by Gasteiger charge is 2.36. The van der Waals surface area contributed by atoms with E-state index in [4.69, 9.17) is 4.74 Å². The molecule has 1 aromatic rings. The van der Waals surface area contributed by atoms with Gasteiger partial charge in [-0.15, -0.1) is 0 Å². The van der Waals surface area contributed by atoms with Gasteiger partial charge in [0, 0.05) is 24.8 Å². The number of rotatable bonds is 7. The van der Waals surface area contributed by atoms with Crippen molar-refractivity contribution >= 4 is 27.4 Å². The lowest BCUT2D eigenvalue weighted by Crippen LogP contribution is -2.48. The van der Waals surface area contributed by atoms with Crippen molar-refractivity contribution in [1.29, 1.82) is 0 Å². The third-order valence-electron chi connectivity index (χ3n) is 4.70. The lowest BCUT2D eigenvalue weighted by molar-refractivity contribution is -0.138. The third-order valence-corrected chi connectivity index (χ3v) is 6.45. The summed E-state index contributed by atoms with van der Waals surface area (Å²) in [6.07, 6.45) is 1.12. The van der Waals surface area contributed by atoms with Gasteiger partial charge in [-0.05, 0) is 31.9 Å². The number of ether oxygens (including phenoxy) is 1. The van der Waals surface area contributed by atoms with Crippen LogP contribution in [-0.4, -0.2) is 62.4 Å². The summed E-state index contributed by atoms with van der Waals surface area (Å²) in [4.78, 5) is 26.5. The number of esters is 1. The normalized spacial score (nSPS) is 19.6. The molecule has 1 amide bonds. The Balaban J connectivity index is 2.06. The van der Waals surface area contributed by atoms with Crippen LogP contribution in [0.15, 0.2) is 24.3 Å². The Morgan fingerprint density at radius 2 is 2.04 bits per heavy atom. The monoisotopic (exact) mass is 382 g/mol. The van der Waals surface area contributed by atoms with Crippen LogP contribution in [0.2, 0.25) is 0 Å². The van der Waals surface area contributed by atoms with E-state index in [9.17, 15) is 18.0 Å². The van der Waals surface area contributed by atoms with Gasteiger partial charge in [0.1, 0.15) is 0 Å². The maximum Gasteiger partial charge on any atom is 0.340 e. The Morgan fingerprint density at radius 3 is 2.62 bits per heavy atom. The van der Waals surface area contributed by atoms with Crippen molar-refractivity contribution in [2.75, 3.05) is 30.5 Å². The second-order valence-electron chi connectivity index (χ2n) is 6.49. The zero-order valence-electron chi connectivity index (χ0n) is 15.4. The average Bonchev–Trinajstić information content (AvgIpc) is 2.98. The predicted molar refractivity (Wildman–Crippen MR) is 99.9 cm³/mol. The number of para-hydroxylation sites is 1. The smallest absolute Gasteiger partial charge is 0.340 e. The largest absolute Gasteiger partial charge is 0.452 e. The molecular weight excluding hydrogens is 356 g/mol. The number of nitrogens with one attached hydrogen (secondary N) is 1. The van der Waals surface area contributed by atoms with Gasteiger partial charge in [-0.1, -0.05) is 19.1 Å². The molecule has 0 aromatic heterocycles. The number of carbonyl (C=O) groups excluding carboxylic acids is 2. The zero-order chi connectivity index (χ0) is 19.3. The van der Waals surface area contributed by atoms with Crippen molar-refractivity contribution in [2.45, 2.75) is 38.8 Å². The number of carbonyl (C=O) groups is 2. The average molecular weight is 382 g/mol. The van der Waals surface area contributed by atoms with Crippen molar-refractivity contribution in [3.05, 3.63) is 29.8 Å². The Kier molecular flexibility index (Phi) is 6.63. The highest BCUT2D eigenvalue weighted by atomic mass is 32.2. The molecule has 144 valence electrons. The summed E-state index contributed by atoms with van der Waals surface area (Å²) in [6.45, 7) is 3.41. The summed E-state index contributed by atoms with van der Waals surface area (Å²) in [5.74, 6) is -0.893. The van der Waals surface area contributed by atoms with E-state index in [-0.39, 0.29) is 29.5 Å². The summed E-state index contributed by atoms with van der Waals surface area (Å²) in [6, 6.07) is 6.39. The summed E-state index contributed by atoms with van der Waals surface area (Å²) >= 11 is 0. The van der Waals surface area contributed by atoms with Gasteiger partial charge in [-0.25, -0.2) is 13.2 Å². The number of hydrogen-bond acceptors (Lipinski definition) is 6. The molecule has 1 heterocycles. The molecule has 7 nitrogen and oxygen atoms in total. The molecule has 0 spiro atoms. The van der Waals surface area contributed by atoms with E-state index in [1.54, 1.807) is 36.2 Å². The SMILES string of the molecule is CC[C@@H](C)N(C(=O)COC(=O)c1ccccc1NC)[C@H]1CCS(=O)(=O)C1. The van der Waals surface area contributed by atoms with Gasteiger partial charge in [0.05, 0.1) is 17.1 Å². The number of sulfone groups is 1. The molecule has 1 aliphatic heterocycles. The maximum absolute atomic E-state index is 12.7. The second kappa shape index (κ2) is 8.53. The molecule has 8 heteroatoms. The van der Waals surface area contributed by atoms with Crippen LogP contribution in [0.25, 0.3) is 0 Å². The molecule has 1 aliphatic rings. The molecule has 2 atom stereocenters. The van der Waals surface area contributed by atoms with Crippen LogP contribution < -0.4 is 5.32 Å². The molecule has 0 radical (unpaired) electrons. The van der Waals surface area contributed by atoms with Gasteiger partial charge in [-0.2, -0.15) is 0 Å². The lowest BCUT2D eigenvalue weighted by atomic mass is 10.1. The molecule has 0 unspecified atom stereocenters. The highest BCUT2D eigenvalue weighted by molar-refractivity contribution is 7.91. The van der Waals surface area contributed by atoms with Crippen molar-refractivity contribution < 1.29 is 22.7 Å². The summed E-state index contributed by atoms with van der Waals surface area (Å²) in [5.41, 5.74) is 0.965. The molecule has 26 heavy (non-hydrogen) atoms. The minimum Gasteiger partial charge on any atom is -0.452 e. The fourth-order valence-electron chi connectivity index (χ4n) is 3.16. The first kappa shape index (κ1) is 20.2. The number of anilines is 1. The van der Waals surface area contributed by atoms with Crippen LogP contribution in [0.5, 0.6) is 0 Å². The van der Waals surface area contributed by atoms with E-state index in [1.807, 2.05) is 13.8 Å². The molecule has 1 aromatic carbocycles. The second-order valence-corrected chi connectivity index (χ2v) is 8.72.